The van der Waals surface area contributed by atoms with Crippen molar-refractivity contribution in [1.29, 1.82) is 0 Å². The van der Waals surface area contributed by atoms with Crippen molar-refractivity contribution in [2.45, 2.75) is 26.3 Å². The van der Waals surface area contributed by atoms with Crippen LogP contribution in [-0.2, 0) is 13.0 Å². The molecule has 0 saturated carbocycles. The molecular formula is C21H20N2O3. The smallest absolute Gasteiger partial charge is 0.261 e. The Morgan fingerprint density at radius 2 is 2.08 bits per heavy atom. The second kappa shape index (κ2) is 6.33. The van der Waals surface area contributed by atoms with Crippen molar-refractivity contribution in [3.05, 3.63) is 69.5 Å². The lowest BCUT2D eigenvalue weighted by atomic mass is 9.99. The molecule has 1 amide bonds. The molecule has 0 fully saturated rings. The Morgan fingerprint density at radius 1 is 1.23 bits per heavy atom. The van der Waals surface area contributed by atoms with E-state index in [2.05, 4.69) is 11.4 Å². The van der Waals surface area contributed by atoms with E-state index in [-0.39, 0.29) is 11.0 Å². The SMILES string of the molecule is COc1ccc(C)cc1NC(=O)c1cn2c3c(cccc3c1=O)CCC2. The topological polar surface area (TPSA) is 60.3 Å². The number of benzene rings is 2. The molecule has 132 valence electrons. The zero-order chi connectivity index (χ0) is 18.3. The van der Waals surface area contributed by atoms with Crippen molar-refractivity contribution in [3.8, 4) is 5.75 Å². The fraction of sp³-hybridized carbons (Fsp3) is 0.238. The molecule has 26 heavy (non-hydrogen) atoms. The number of carbonyl (C=O) groups excluding carboxylic acids is 1. The Kier molecular flexibility index (Phi) is 3.99. The van der Waals surface area contributed by atoms with Gasteiger partial charge in [0, 0.05) is 18.1 Å². The fourth-order valence-corrected chi connectivity index (χ4v) is 3.63. The average molecular weight is 348 g/mol. The molecule has 0 aliphatic carbocycles. The number of aromatic nitrogens is 1. The van der Waals surface area contributed by atoms with Gasteiger partial charge >= 0.3 is 0 Å². The van der Waals surface area contributed by atoms with E-state index in [1.807, 2.05) is 29.7 Å². The summed E-state index contributed by atoms with van der Waals surface area (Å²) in [4.78, 5) is 25.8. The molecule has 1 N–H and O–H groups in total. The van der Waals surface area contributed by atoms with Gasteiger partial charge in [0.1, 0.15) is 11.3 Å². The monoisotopic (exact) mass is 348 g/mol. The number of methoxy groups -OCH3 is 1. The first kappa shape index (κ1) is 16.4. The summed E-state index contributed by atoms with van der Waals surface area (Å²) < 4.78 is 7.34. The minimum absolute atomic E-state index is 0.153. The number of hydrogen-bond acceptors (Lipinski definition) is 3. The number of nitrogens with zero attached hydrogens (tertiary/aromatic N) is 1. The summed E-state index contributed by atoms with van der Waals surface area (Å²) in [6.07, 6.45) is 3.65. The number of carbonyl (C=O) groups is 1. The van der Waals surface area contributed by atoms with E-state index in [4.69, 9.17) is 4.74 Å². The summed E-state index contributed by atoms with van der Waals surface area (Å²) in [7, 11) is 1.55. The van der Waals surface area contributed by atoms with E-state index in [0.717, 1.165) is 36.0 Å². The molecular weight excluding hydrogens is 328 g/mol. The van der Waals surface area contributed by atoms with Crippen LogP contribution in [0.2, 0.25) is 0 Å². The molecule has 0 unspecified atom stereocenters. The summed E-state index contributed by atoms with van der Waals surface area (Å²) in [5.74, 6) is 0.147. The van der Waals surface area contributed by atoms with E-state index < -0.39 is 5.91 Å². The summed E-state index contributed by atoms with van der Waals surface area (Å²) in [6, 6.07) is 11.3. The van der Waals surface area contributed by atoms with Gasteiger partial charge in [0.25, 0.3) is 5.91 Å². The van der Waals surface area contributed by atoms with Crippen molar-refractivity contribution in [2.24, 2.45) is 0 Å². The molecule has 5 heteroatoms. The summed E-state index contributed by atoms with van der Waals surface area (Å²) >= 11 is 0. The van der Waals surface area contributed by atoms with Crippen LogP contribution in [0.3, 0.4) is 0 Å². The van der Waals surface area contributed by atoms with Gasteiger partial charge in [-0.2, -0.15) is 0 Å². The highest BCUT2D eigenvalue weighted by Gasteiger charge is 2.20. The number of nitrogens with one attached hydrogen (secondary N) is 1. The van der Waals surface area contributed by atoms with Crippen LogP contribution in [0.1, 0.15) is 27.9 Å². The lowest BCUT2D eigenvalue weighted by Crippen LogP contribution is -2.25. The van der Waals surface area contributed by atoms with E-state index in [0.29, 0.717) is 16.8 Å². The Morgan fingerprint density at radius 3 is 2.88 bits per heavy atom. The summed E-state index contributed by atoms with van der Waals surface area (Å²) in [6.45, 7) is 2.74. The van der Waals surface area contributed by atoms with Gasteiger partial charge in [0.05, 0.1) is 18.3 Å². The van der Waals surface area contributed by atoms with Gasteiger partial charge in [-0.1, -0.05) is 18.2 Å². The summed E-state index contributed by atoms with van der Waals surface area (Å²) in [5.41, 5.74) is 3.59. The van der Waals surface area contributed by atoms with Crippen molar-refractivity contribution in [2.75, 3.05) is 12.4 Å². The van der Waals surface area contributed by atoms with Crippen LogP contribution in [-0.4, -0.2) is 17.6 Å². The number of para-hydroxylation sites is 1. The van der Waals surface area contributed by atoms with Gasteiger partial charge in [-0.05, 0) is 49.1 Å². The minimum atomic E-state index is -0.416. The molecule has 1 aromatic heterocycles. The Balaban J connectivity index is 1.80. The largest absolute Gasteiger partial charge is 0.495 e. The number of ether oxygens (including phenoxy) is 1. The van der Waals surface area contributed by atoms with Crippen molar-refractivity contribution >= 4 is 22.5 Å². The van der Waals surface area contributed by atoms with E-state index >= 15 is 0 Å². The molecule has 3 aromatic rings. The zero-order valence-electron chi connectivity index (χ0n) is 14.8. The van der Waals surface area contributed by atoms with Gasteiger partial charge < -0.3 is 14.6 Å². The molecule has 2 aromatic carbocycles. The molecule has 5 nitrogen and oxygen atoms in total. The highest BCUT2D eigenvalue weighted by molar-refractivity contribution is 6.06. The molecule has 1 aliphatic heterocycles. The van der Waals surface area contributed by atoms with Gasteiger partial charge in [0.15, 0.2) is 0 Å². The predicted octanol–water partition coefficient (Wildman–Crippen LogP) is 3.52. The van der Waals surface area contributed by atoms with Crippen LogP contribution in [0.15, 0.2) is 47.4 Å². The number of hydrogen-bond donors (Lipinski definition) is 1. The lowest BCUT2D eigenvalue weighted by molar-refractivity contribution is 0.102. The zero-order valence-corrected chi connectivity index (χ0v) is 14.8. The van der Waals surface area contributed by atoms with E-state index in [1.165, 1.54) is 0 Å². The van der Waals surface area contributed by atoms with Gasteiger partial charge in [-0.3, -0.25) is 9.59 Å². The Hall–Kier alpha value is -3.08. The van der Waals surface area contributed by atoms with Crippen molar-refractivity contribution in [1.82, 2.24) is 4.57 Å². The first-order valence-electron chi connectivity index (χ1n) is 8.69. The normalized spacial score (nSPS) is 12.8. The number of amides is 1. The number of pyridine rings is 1. The van der Waals surface area contributed by atoms with Gasteiger partial charge in [-0.15, -0.1) is 0 Å². The predicted molar refractivity (Wildman–Crippen MR) is 102 cm³/mol. The fourth-order valence-electron chi connectivity index (χ4n) is 3.63. The average Bonchev–Trinajstić information content (AvgIpc) is 2.64. The maximum atomic E-state index is 12.9. The van der Waals surface area contributed by atoms with E-state index in [1.54, 1.807) is 25.4 Å². The van der Waals surface area contributed by atoms with Crippen LogP contribution in [0.4, 0.5) is 5.69 Å². The maximum Gasteiger partial charge on any atom is 0.261 e. The number of anilines is 1. The van der Waals surface area contributed by atoms with Crippen LogP contribution in [0, 0.1) is 6.92 Å². The van der Waals surface area contributed by atoms with Crippen LogP contribution in [0.25, 0.3) is 10.9 Å². The molecule has 0 radical (unpaired) electrons. The third kappa shape index (κ3) is 2.65. The second-order valence-electron chi connectivity index (χ2n) is 6.64. The molecule has 0 saturated heterocycles. The molecule has 4 rings (SSSR count). The molecule has 0 atom stereocenters. The molecule has 0 spiro atoms. The maximum absolute atomic E-state index is 12.9. The van der Waals surface area contributed by atoms with Crippen molar-refractivity contribution in [3.63, 3.8) is 0 Å². The third-order valence-electron chi connectivity index (χ3n) is 4.87. The van der Waals surface area contributed by atoms with Crippen LogP contribution in [0.5, 0.6) is 5.75 Å². The number of aryl methyl sites for hydroxylation is 3. The first-order chi connectivity index (χ1) is 12.6. The standard InChI is InChI=1S/C21H20N2O3/c1-13-8-9-18(26-2)17(11-13)22-21(25)16-12-23-10-4-6-14-5-3-7-15(19(14)23)20(16)24/h3,5,7-9,11-12H,4,6,10H2,1-2H3,(H,22,25). The quantitative estimate of drug-likeness (QED) is 0.788. The third-order valence-corrected chi connectivity index (χ3v) is 4.87. The second-order valence-corrected chi connectivity index (χ2v) is 6.64. The van der Waals surface area contributed by atoms with Crippen molar-refractivity contribution < 1.29 is 9.53 Å². The number of rotatable bonds is 3. The van der Waals surface area contributed by atoms with Gasteiger partial charge in [-0.25, -0.2) is 0 Å². The minimum Gasteiger partial charge on any atom is -0.495 e. The van der Waals surface area contributed by atoms with Crippen LogP contribution < -0.4 is 15.5 Å². The highest BCUT2D eigenvalue weighted by Crippen LogP contribution is 2.27. The first-order valence-corrected chi connectivity index (χ1v) is 8.69. The summed E-state index contributed by atoms with van der Waals surface area (Å²) in [5, 5.41) is 3.43. The Bertz CT molecular complexity index is 1080. The van der Waals surface area contributed by atoms with Gasteiger partial charge in [0.2, 0.25) is 5.43 Å². The highest BCUT2D eigenvalue weighted by atomic mass is 16.5. The Labute approximate surface area is 151 Å². The molecule has 2 heterocycles. The van der Waals surface area contributed by atoms with Crippen LogP contribution >= 0.6 is 0 Å². The molecule has 0 bridgehead atoms. The van der Waals surface area contributed by atoms with E-state index in [9.17, 15) is 9.59 Å². The lowest BCUT2D eigenvalue weighted by Gasteiger charge is -2.20. The molecule has 1 aliphatic rings.